The number of aromatic nitrogens is 1. The molecule has 1 aliphatic heterocycles. The molecule has 2 heterocycles. The number of alkyl halides is 3. The summed E-state index contributed by atoms with van der Waals surface area (Å²) in [5.74, 6) is 0.264. The number of phenolic OH excluding ortho intramolecular Hbond substituents is 1. The zero-order chi connectivity index (χ0) is 20.4. The third-order valence-corrected chi connectivity index (χ3v) is 5.92. The molecule has 8 heteroatoms. The van der Waals surface area contributed by atoms with E-state index in [2.05, 4.69) is 14.8 Å². The molecule has 152 valence electrons. The Kier molecular flexibility index (Phi) is 5.47. The second-order valence-electron chi connectivity index (χ2n) is 7.00. The molecular weight excluding hydrogens is 399 g/mol. The fourth-order valence-electron chi connectivity index (χ4n) is 3.37. The molecule has 4 nitrogen and oxygen atoms in total. The number of anilines is 1. The van der Waals surface area contributed by atoms with Crippen molar-refractivity contribution in [3.05, 3.63) is 65.2 Å². The van der Waals surface area contributed by atoms with Gasteiger partial charge in [0.25, 0.3) is 0 Å². The highest BCUT2D eigenvalue weighted by molar-refractivity contribution is 7.13. The van der Waals surface area contributed by atoms with Crippen LogP contribution in [-0.4, -0.2) is 41.2 Å². The first kappa shape index (κ1) is 19.7. The van der Waals surface area contributed by atoms with Gasteiger partial charge in [0.05, 0.1) is 11.3 Å². The molecule has 0 saturated carbocycles. The molecule has 0 atom stereocenters. The van der Waals surface area contributed by atoms with Crippen molar-refractivity contribution >= 4 is 17.0 Å². The van der Waals surface area contributed by atoms with E-state index in [0.29, 0.717) is 5.56 Å². The zero-order valence-corrected chi connectivity index (χ0v) is 16.4. The van der Waals surface area contributed by atoms with E-state index in [1.807, 2.05) is 17.5 Å². The van der Waals surface area contributed by atoms with E-state index in [1.165, 1.54) is 23.5 Å². The topological polar surface area (TPSA) is 39.6 Å². The van der Waals surface area contributed by atoms with Gasteiger partial charge >= 0.3 is 6.18 Å². The maximum absolute atomic E-state index is 12.7. The lowest BCUT2D eigenvalue weighted by molar-refractivity contribution is -0.137. The Morgan fingerprint density at radius 2 is 1.59 bits per heavy atom. The monoisotopic (exact) mass is 419 g/mol. The Morgan fingerprint density at radius 1 is 0.931 bits per heavy atom. The molecule has 0 bridgehead atoms. The molecule has 0 aliphatic carbocycles. The minimum atomic E-state index is -4.32. The number of hydrogen-bond acceptors (Lipinski definition) is 5. The van der Waals surface area contributed by atoms with Crippen molar-refractivity contribution < 1.29 is 18.3 Å². The molecule has 29 heavy (non-hydrogen) atoms. The van der Waals surface area contributed by atoms with Gasteiger partial charge in [0.2, 0.25) is 0 Å². The smallest absolute Gasteiger partial charge is 0.416 e. The quantitative estimate of drug-likeness (QED) is 0.656. The van der Waals surface area contributed by atoms with E-state index in [0.717, 1.165) is 61.2 Å². The van der Waals surface area contributed by atoms with Crippen molar-refractivity contribution in [2.75, 3.05) is 31.1 Å². The number of halogens is 3. The van der Waals surface area contributed by atoms with Crippen LogP contribution in [0.1, 0.15) is 11.3 Å². The normalized spacial score (nSPS) is 15.6. The summed E-state index contributed by atoms with van der Waals surface area (Å²) >= 11 is 1.45. The van der Waals surface area contributed by atoms with E-state index in [-0.39, 0.29) is 5.75 Å². The maximum Gasteiger partial charge on any atom is 0.416 e. The van der Waals surface area contributed by atoms with Crippen molar-refractivity contribution in [1.82, 2.24) is 9.88 Å². The average Bonchev–Trinajstić information content (AvgIpc) is 3.17. The SMILES string of the molecule is Oc1ccc(N2CCN(Cc3csc(-c4ccc(C(F)(F)F)cc4)n3)CC2)cc1. The first-order chi connectivity index (χ1) is 13.9. The van der Waals surface area contributed by atoms with Crippen molar-refractivity contribution in [1.29, 1.82) is 0 Å². The number of hydrogen-bond donors (Lipinski definition) is 1. The molecule has 1 aromatic heterocycles. The Hall–Kier alpha value is -2.58. The van der Waals surface area contributed by atoms with Crippen molar-refractivity contribution in [3.63, 3.8) is 0 Å². The van der Waals surface area contributed by atoms with Crippen LogP contribution >= 0.6 is 11.3 Å². The number of phenols is 1. The first-order valence-electron chi connectivity index (χ1n) is 9.27. The molecule has 1 saturated heterocycles. The van der Waals surface area contributed by atoms with Crippen LogP contribution < -0.4 is 4.90 Å². The van der Waals surface area contributed by atoms with Gasteiger partial charge < -0.3 is 10.0 Å². The summed E-state index contributed by atoms with van der Waals surface area (Å²) in [7, 11) is 0. The molecule has 4 rings (SSSR count). The van der Waals surface area contributed by atoms with Gasteiger partial charge in [0.1, 0.15) is 10.8 Å². The lowest BCUT2D eigenvalue weighted by atomic mass is 10.1. The van der Waals surface area contributed by atoms with E-state index in [4.69, 9.17) is 0 Å². The summed E-state index contributed by atoms with van der Waals surface area (Å²) in [4.78, 5) is 9.21. The van der Waals surface area contributed by atoms with Gasteiger partial charge in [0, 0.05) is 49.4 Å². The Morgan fingerprint density at radius 3 is 2.21 bits per heavy atom. The van der Waals surface area contributed by atoms with Gasteiger partial charge in [-0.1, -0.05) is 12.1 Å². The van der Waals surface area contributed by atoms with E-state index < -0.39 is 11.7 Å². The fourth-order valence-corrected chi connectivity index (χ4v) is 4.19. The summed E-state index contributed by atoms with van der Waals surface area (Å²) in [6.45, 7) is 4.30. The van der Waals surface area contributed by atoms with Crippen molar-refractivity contribution in [2.24, 2.45) is 0 Å². The molecule has 2 aromatic carbocycles. The van der Waals surface area contributed by atoms with E-state index >= 15 is 0 Å². The summed E-state index contributed by atoms with van der Waals surface area (Å²) in [6.07, 6.45) is -4.32. The summed E-state index contributed by atoms with van der Waals surface area (Å²) in [5, 5.41) is 12.1. The van der Waals surface area contributed by atoms with Gasteiger partial charge in [-0.2, -0.15) is 13.2 Å². The van der Waals surface area contributed by atoms with Crippen LogP contribution in [0, 0.1) is 0 Å². The Balaban J connectivity index is 1.34. The van der Waals surface area contributed by atoms with Gasteiger partial charge in [-0.25, -0.2) is 4.98 Å². The van der Waals surface area contributed by atoms with Crippen LogP contribution in [0.25, 0.3) is 10.6 Å². The molecule has 0 radical (unpaired) electrons. The number of aromatic hydroxyl groups is 1. The van der Waals surface area contributed by atoms with Gasteiger partial charge in [-0.15, -0.1) is 11.3 Å². The molecular formula is C21H20F3N3OS. The molecule has 1 aliphatic rings. The second-order valence-corrected chi connectivity index (χ2v) is 7.86. The lowest BCUT2D eigenvalue weighted by Gasteiger charge is -2.35. The third-order valence-electron chi connectivity index (χ3n) is 4.98. The fraction of sp³-hybridized carbons (Fsp3) is 0.286. The number of piperazine rings is 1. The van der Waals surface area contributed by atoms with Crippen LogP contribution in [-0.2, 0) is 12.7 Å². The third kappa shape index (κ3) is 4.71. The molecule has 3 aromatic rings. The Bertz CT molecular complexity index is 947. The maximum atomic E-state index is 12.7. The Labute approximate surface area is 170 Å². The first-order valence-corrected chi connectivity index (χ1v) is 10.1. The van der Waals surface area contributed by atoms with E-state index in [1.54, 1.807) is 12.1 Å². The van der Waals surface area contributed by atoms with Crippen LogP contribution in [0.2, 0.25) is 0 Å². The molecule has 0 spiro atoms. The minimum absolute atomic E-state index is 0.264. The highest BCUT2D eigenvalue weighted by Gasteiger charge is 2.30. The molecule has 1 fully saturated rings. The number of nitrogens with zero attached hydrogens (tertiary/aromatic N) is 3. The predicted molar refractivity (Wildman–Crippen MR) is 108 cm³/mol. The van der Waals surface area contributed by atoms with Crippen LogP contribution in [0.15, 0.2) is 53.9 Å². The zero-order valence-electron chi connectivity index (χ0n) is 15.6. The summed E-state index contributed by atoms with van der Waals surface area (Å²) < 4.78 is 38.1. The summed E-state index contributed by atoms with van der Waals surface area (Å²) in [6, 6.07) is 12.4. The highest BCUT2D eigenvalue weighted by Crippen LogP contribution is 2.32. The highest BCUT2D eigenvalue weighted by atomic mass is 32.1. The lowest BCUT2D eigenvalue weighted by Crippen LogP contribution is -2.46. The predicted octanol–water partition coefficient (Wildman–Crippen LogP) is 4.86. The molecule has 0 unspecified atom stereocenters. The van der Waals surface area contributed by atoms with Crippen LogP contribution in [0.5, 0.6) is 5.75 Å². The summed E-state index contributed by atoms with van der Waals surface area (Å²) in [5.41, 5.74) is 2.08. The number of rotatable bonds is 4. The second kappa shape index (κ2) is 8.04. The number of thiazole rings is 1. The van der Waals surface area contributed by atoms with Crippen molar-refractivity contribution in [3.8, 4) is 16.3 Å². The average molecular weight is 419 g/mol. The van der Waals surface area contributed by atoms with Crippen LogP contribution in [0.4, 0.5) is 18.9 Å². The van der Waals surface area contributed by atoms with E-state index in [9.17, 15) is 18.3 Å². The van der Waals surface area contributed by atoms with Gasteiger partial charge in [0.15, 0.2) is 0 Å². The van der Waals surface area contributed by atoms with Gasteiger partial charge in [-0.05, 0) is 36.4 Å². The molecule has 1 N–H and O–H groups in total. The minimum Gasteiger partial charge on any atom is -0.508 e. The number of benzene rings is 2. The van der Waals surface area contributed by atoms with Crippen LogP contribution in [0.3, 0.4) is 0 Å². The van der Waals surface area contributed by atoms with Gasteiger partial charge in [-0.3, -0.25) is 4.90 Å². The molecule has 0 amide bonds. The standard InChI is InChI=1S/C21H20F3N3OS/c22-21(23,24)16-3-1-15(2-4-16)20-25-17(14-29-20)13-26-9-11-27(12-10-26)18-5-7-19(28)8-6-18/h1-8,14,28H,9-13H2. The largest absolute Gasteiger partial charge is 0.508 e. The van der Waals surface area contributed by atoms with Crippen molar-refractivity contribution in [2.45, 2.75) is 12.7 Å².